The van der Waals surface area contributed by atoms with Gasteiger partial charge in [0.1, 0.15) is 5.54 Å². The van der Waals surface area contributed by atoms with Gasteiger partial charge in [0.2, 0.25) is 0 Å². The van der Waals surface area contributed by atoms with Crippen LogP contribution in [0.25, 0.3) is 0 Å². The SMILES string of the molecule is CCOC(=O)C12CCCCN1CCCC2. The molecule has 2 fully saturated rings. The van der Waals surface area contributed by atoms with Gasteiger partial charge in [0.15, 0.2) is 0 Å². The summed E-state index contributed by atoms with van der Waals surface area (Å²) < 4.78 is 5.26. The summed E-state index contributed by atoms with van der Waals surface area (Å²) in [6, 6.07) is 0. The molecule has 0 aromatic rings. The highest BCUT2D eigenvalue weighted by atomic mass is 16.5. The van der Waals surface area contributed by atoms with Crippen LogP contribution in [0.3, 0.4) is 0 Å². The predicted molar refractivity (Wildman–Crippen MR) is 58.6 cm³/mol. The maximum atomic E-state index is 12.1. The Balaban J connectivity index is 2.14. The first-order valence-corrected chi connectivity index (χ1v) is 6.22. The van der Waals surface area contributed by atoms with Gasteiger partial charge in [0.05, 0.1) is 6.61 Å². The van der Waals surface area contributed by atoms with Crippen LogP contribution >= 0.6 is 0 Å². The molecule has 2 rings (SSSR count). The molecule has 2 aliphatic rings. The minimum atomic E-state index is -0.244. The van der Waals surface area contributed by atoms with Gasteiger partial charge in [-0.2, -0.15) is 0 Å². The molecule has 0 aromatic carbocycles. The van der Waals surface area contributed by atoms with E-state index in [1.165, 1.54) is 25.7 Å². The van der Waals surface area contributed by atoms with Crippen molar-refractivity contribution >= 4 is 5.97 Å². The zero-order chi connectivity index (χ0) is 10.7. The number of piperidine rings is 2. The van der Waals surface area contributed by atoms with E-state index >= 15 is 0 Å². The normalized spacial score (nSPS) is 25.7. The first-order chi connectivity index (χ1) is 7.29. The summed E-state index contributed by atoms with van der Waals surface area (Å²) in [6.45, 7) is 4.57. The summed E-state index contributed by atoms with van der Waals surface area (Å²) in [5.74, 6) is 0.0319. The Morgan fingerprint density at radius 2 is 1.80 bits per heavy atom. The van der Waals surface area contributed by atoms with Crippen LogP contribution in [0.15, 0.2) is 0 Å². The van der Waals surface area contributed by atoms with Gasteiger partial charge in [-0.3, -0.25) is 9.69 Å². The van der Waals surface area contributed by atoms with E-state index < -0.39 is 0 Å². The van der Waals surface area contributed by atoms with Crippen LogP contribution in [-0.4, -0.2) is 36.1 Å². The number of esters is 1. The third kappa shape index (κ3) is 1.89. The first kappa shape index (κ1) is 10.9. The average molecular weight is 211 g/mol. The van der Waals surface area contributed by atoms with E-state index in [1.54, 1.807) is 0 Å². The fourth-order valence-corrected chi connectivity index (χ4v) is 3.02. The highest BCUT2D eigenvalue weighted by Gasteiger charge is 2.47. The zero-order valence-corrected chi connectivity index (χ0v) is 9.63. The van der Waals surface area contributed by atoms with Gasteiger partial charge in [0, 0.05) is 0 Å². The van der Waals surface area contributed by atoms with Crippen LogP contribution < -0.4 is 0 Å². The third-order valence-electron chi connectivity index (χ3n) is 3.80. The third-order valence-corrected chi connectivity index (χ3v) is 3.80. The molecule has 2 aliphatic heterocycles. The first-order valence-electron chi connectivity index (χ1n) is 6.22. The molecule has 0 N–H and O–H groups in total. The monoisotopic (exact) mass is 211 g/mol. The maximum absolute atomic E-state index is 12.1. The molecule has 0 amide bonds. The number of carbonyl (C=O) groups is 1. The molecule has 0 spiro atoms. The van der Waals surface area contributed by atoms with Gasteiger partial charge in [-0.15, -0.1) is 0 Å². The summed E-state index contributed by atoms with van der Waals surface area (Å²) in [5, 5.41) is 0. The topological polar surface area (TPSA) is 29.5 Å². The Bertz CT molecular complexity index is 228. The second-order valence-corrected chi connectivity index (χ2v) is 4.65. The molecule has 0 bridgehead atoms. The fraction of sp³-hybridized carbons (Fsp3) is 0.917. The van der Waals surface area contributed by atoms with Crippen LogP contribution in [0.5, 0.6) is 0 Å². The van der Waals surface area contributed by atoms with E-state index in [1.807, 2.05) is 6.92 Å². The summed E-state index contributed by atoms with van der Waals surface area (Å²) >= 11 is 0. The molecule has 15 heavy (non-hydrogen) atoms. The molecule has 3 nitrogen and oxygen atoms in total. The van der Waals surface area contributed by atoms with Crippen molar-refractivity contribution in [2.24, 2.45) is 0 Å². The standard InChI is InChI=1S/C12H21NO2/c1-2-15-11(14)12-7-3-5-9-13(12)10-6-4-8-12/h2-10H2,1H3. The minimum Gasteiger partial charge on any atom is -0.465 e. The molecular weight excluding hydrogens is 190 g/mol. The Morgan fingerprint density at radius 1 is 1.20 bits per heavy atom. The highest BCUT2D eigenvalue weighted by molar-refractivity contribution is 5.81. The molecule has 2 saturated heterocycles. The Hall–Kier alpha value is -0.570. The van der Waals surface area contributed by atoms with E-state index in [-0.39, 0.29) is 11.5 Å². The lowest BCUT2D eigenvalue weighted by Gasteiger charge is -2.48. The van der Waals surface area contributed by atoms with Gasteiger partial charge in [-0.25, -0.2) is 0 Å². The molecule has 2 heterocycles. The molecule has 0 aromatic heterocycles. The second-order valence-electron chi connectivity index (χ2n) is 4.65. The Labute approximate surface area is 91.8 Å². The molecule has 0 atom stereocenters. The van der Waals surface area contributed by atoms with Crippen LogP contribution in [0.1, 0.15) is 45.4 Å². The lowest BCUT2D eigenvalue weighted by molar-refractivity contribution is -0.163. The quantitative estimate of drug-likeness (QED) is 0.654. The second kappa shape index (κ2) is 4.52. The van der Waals surface area contributed by atoms with Gasteiger partial charge in [-0.1, -0.05) is 0 Å². The zero-order valence-electron chi connectivity index (χ0n) is 9.63. The maximum Gasteiger partial charge on any atom is 0.326 e. The lowest BCUT2D eigenvalue weighted by atomic mass is 9.79. The van der Waals surface area contributed by atoms with E-state index in [4.69, 9.17) is 4.74 Å². The van der Waals surface area contributed by atoms with Crippen molar-refractivity contribution in [2.45, 2.75) is 51.0 Å². The number of fused-ring (bicyclic) bond motifs is 1. The molecule has 0 unspecified atom stereocenters. The van der Waals surface area contributed by atoms with Gasteiger partial charge in [-0.05, 0) is 58.5 Å². The fourth-order valence-electron chi connectivity index (χ4n) is 3.02. The predicted octanol–water partition coefficient (Wildman–Crippen LogP) is 1.96. The molecule has 86 valence electrons. The minimum absolute atomic E-state index is 0.0319. The molecular formula is C12H21NO2. The van der Waals surface area contributed by atoms with Crippen molar-refractivity contribution in [3.05, 3.63) is 0 Å². The number of carbonyl (C=O) groups excluding carboxylic acids is 1. The average Bonchev–Trinajstić information content (AvgIpc) is 2.29. The van der Waals surface area contributed by atoms with E-state index in [2.05, 4.69) is 4.90 Å². The van der Waals surface area contributed by atoms with Crippen LogP contribution in [0.2, 0.25) is 0 Å². The lowest BCUT2D eigenvalue weighted by Crippen LogP contribution is -2.59. The van der Waals surface area contributed by atoms with Crippen LogP contribution in [0, 0.1) is 0 Å². The van der Waals surface area contributed by atoms with Crippen molar-refractivity contribution in [3.63, 3.8) is 0 Å². The summed E-state index contributed by atoms with van der Waals surface area (Å²) in [4.78, 5) is 14.5. The van der Waals surface area contributed by atoms with E-state index in [0.717, 1.165) is 25.9 Å². The molecule has 3 heteroatoms. The smallest absolute Gasteiger partial charge is 0.326 e. The summed E-state index contributed by atoms with van der Waals surface area (Å²) in [7, 11) is 0. The van der Waals surface area contributed by atoms with Crippen molar-refractivity contribution in [3.8, 4) is 0 Å². The van der Waals surface area contributed by atoms with Crippen molar-refractivity contribution in [1.82, 2.24) is 4.90 Å². The van der Waals surface area contributed by atoms with E-state index in [0.29, 0.717) is 6.61 Å². The molecule has 0 radical (unpaired) electrons. The Kier molecular flexibility index (Phi) is 3.29. The molecule has 0 saturated carbocycles. The number of hydrogen-bond acceptors (Lipinski definition) is 3. The van der Waals surface area contributed by atoms with E-state index in [9.17, 15) is 4.79 Å². The molecule has 0 aliphatic carbocycles. The van der Waals surface area contributed by atoms with Gasteiger partial charge in [0.25, 0.3) is 0 Å². The Morgan fingerprint density at radius 3 is 2.33 bits per heavy atom. The van der Waals surface area contributed by atoms with Crippen molar-refractivity contribution in [1.29, 1.82) is 0 Å². The number of rotatable bonds is 2. The van der Waals surface area contributed by atoms with Crippen molar-refractivity contribution < 1.29 is 9.53 Å². The van der Waals surface area contributed by atoms with Gasteiger partial charge < -0.3 is 4.74 Å². The number of hydrogen-bond donors (Lipinski definition) is 0. The van der Waals surface area contributed by atoms with Crippen LogP contribution in [-0.2, 0) is 9.53 Å². The summed E-state index contributed by atoms with van der Waals surface area (Å²) in [6.07, 6.45) is 6.84. The van der Waals surface area contributed by atoms with Gasteiger partial charge >= 0.3 is 5.97 Å². The van der Waals surface area contributed by atoms with Crippen LogP contribution in [0.4, 0.5) is 0 Å². The summed E-state index contributed by atoms with van der Waals surface area (Å²) in [5.41, 5.74) is -0.244. The van der Waals surface area contributed by atoms with Crippen molar-refractivity contribution in [2.75, 3.05) is 19.7 Å². The highest BCUT2D eigenvalue weighted by Crippen LogP contribution is 2.37. The number of ether oxygens (including phenoxy) is 1. The number of nitrogens with zero attached hydrogens (tertiary/aromatic N) is 1. The largest absolute Gasteiger partial charge is 0.465 e.